The second kappa shape index (κ2) is 9.34. The van der Waals surface area contributed by atoms with Crippen molar-refractivity contribution in [1.82, 2.24) is 15.0 Å². The molecule has 2 N–H and O–H groups in total. The Balaban J connectivity index is 1.68. The molecule has 2 aromatic rings. The van der Waals surface area contributed by atoms with Crippen LogP contribution in [0.4, 0.5) is 5.69 Å². The molecule has 3 heterocycles. The summed E-state index contributed by atoms with van der Waals surface area (Å²) in [6.45, 7) is 13.2. The van der Waals surface area contributed by atoms with Gasteiger partial charge in [-0.25, -0.2) is 4.98 Å². The summed E-state index contributed by atoms with van der Waals surface area (Å²) < 4.78 is 6.31. The van der Waals surface area contributed by atoms with Crippen molar-refractivity contribution in [2.75, 3.05) is 12.4 Å². The Morgan fingerprint density at radius 1 is 1.14 bits per heavy atom. The fraction of sp³-hybridized carbons (Fsp3) is 0.571. The van der Waals surface area contributed by atoms with Crippen molar-refractivity contribution in [2.24, 2.45) is 10.4 Å². The second-order valence-electron chi connectivity index (χ2n) is 12.0. The van der Waals surface area contributed by atoms with Crippen LogP contribution in [0.3, 0.4) is 0 Å². The number of aromatic amines is 1. The number of hydrogen-bond acceptors (Lipinski definition) is 5. The highest BCUT2D eigenvalue weighted by molar-refractivity contribution is 6.03. The second-order valence-corrected chi connectivity index (χ2v) is 12.0. The van der Waals surface area contributed by atoms with Crippen molar-refractivity contribution in [1.29, 1.82) is 0 Å². The first-order valence-corrected chi connectivity index (χ1v) is 12.6. The van der Waals surface area contributed by atoms with Gasteiger partial charge in [-0.1, -0.05) is 19.9 Å². The Morgan fingerprint density at radius 3 is 2.49 bits per heavy atom. The van der Waals surface area contributed by atoms with Gasteiger partial charge in [-0.2, -0.15) is 0 Å². The highest BCUT2D eigenvalue weighted by Crippen LogP contribution is 2.44. The molecule has 4 rings (SSSR count). The lowest BCUT2D eigenvalue weighted by Crippen LogP contribution is -2.44. The SMILES string of the molecule is C/N=C\c1c[nH]c(C(=O)Nc2ccc(C3CC(C)(C)OC(C)(C)C3)nc2C2=CCC(C)(C)CC2)n1. The summed E-state index contributed by atoms with van der Waals surface area (Å²) in [5, 5.41) is 3.06. The summed E-state index contributed by atoms with van der Waals surface area (Å²) in [5.41, 5.74) is 4.33. The summed E-state index contributed by atoms with van der Waals surface area (Å²) in [5.74, 6) is 0.252. The van der Waals surface area contributed by atoms with Crippen molar-refractivity contribution in [3.8, 4) is 0 Å². The minimum atomic E-state index is -0.290. The summed E-state index contributed by atoms with van der Waals surface area (Å²) >= 11 is 0. The molecule has 2 aromatic heterocycles. The van der Waals surface area contributed by atoms with Gasteiger partial charge in [-0.05, 0) is 82.9 Å². The molecule has 7 nitrogen and oxygen atoms in total. The molecule has 1 aliphatic carbocycles. The van der Waals surface area contributed by atoms with E-state index in [1.54, 1.807) is 19.5 Å². The van der Waals surface area contributed by atoms with Crippen molar-refractivity contribution in [2.45, 2.75) is 90.8 Å². The smallest absolute Gasteiger partial charge is 0.291 e. The number of anilines is 1. The van der Waals surface area contributed by atoms with Crippen LogP contribution in [0.15, 0.2) is 29.4 Å². The molecule has 7 heteroatoms. The molecule has 1 fully saturated rings. The lowest BCUT2D eigenvalue weighted by Gasteiger charge is -2.45. The zero-order chi connectivity index (χ0) is 25.4. The summed E-state index contributed by atoms with van der Waals surface area (Å²) in [6, 6.07) is 4.06. The molecule has 0 saturated carbocycles. The third-order valence-electron chi connectivity index (χ3n) is 6.96. The maximum absolute atomic E-state index is 13.0. The lowest BCUT2D eigenvalue weighted by atomic mass is 9.77. The quantitative estimate of drug-likeness (QED) is 0.505. The van der Waals surface area contributed by atoms with Crippen LogP contribution in [0.5, 0.6) is 0 Å². The molecule has 1 aliphatic heterocycles. The third-order valence-corrected chi connectivity index (χ3v) is 6.96. The van der Waals surface area contributed by atoms with Crippen LogP contribution in [0.25, 0.3) is 5.57 Å². The highest BCUT2D eigenvalue weighted by atomic mass is 16.5. The molecule has 35 heavy (non-hydrogen) atoms. The van der Waals surface area contributed by atoms with E-state index < -0.39 is 0 Å². The molecule has 2 aliphatic rings. The largest absolute Gasteiger partial charge is 0.370 e. The molecular formula is C28H39N5O2. The highest BCUT2D eigenvalue weighted by Gasteiger charge is 2.40. The summed E-state index contributed by atoms with van der Waals surface area (Å²) in [4.78, 5) is 29.4. The van der Waals surface area contributed by atoms with E-state index in [1.165, 1.54) is 5.57 Å². The van der Waals surface area contributed by atoms with Crippen LogP contribution in [0.1, 0.15) is 107 Å². The van der Waals surface area contributed by atoms with Gasteiger partial charge in [-0.15, -0.1) is 0 Å². The van der Waals surface area contributed by atoms with Gasteiger partial charge in [0.1, 0.15) is 0 Å². The maximum Gasteiger partial charge on any atom is 0.291 e. The van der Waals surface area contributed by atoms with Gasteiger partial charge >= 0.3 is 0 Å². The molecular weight excluding hydrogens is 438 g/mol. The van der Waals surface area contributed by atoms with Crippen molar-refractivity contribution < 1.29 is 9.53 Å². The Morgan fingerprint density at radius 2 is 1.86 bits per heavy atom. The van der Waals surface area contributed by atoms with Gasteiger partial charge in [0.25, 0.3) is 5.91 Å². The van der Waals surface area contributed by atoms with E-state index in [0.29, 0.717) is 11.6 Å². The molecule has 0 atom stereocenters. The van der Waals surface area contributed by atoms with E-state index in [1.807, 2.05) is 6.07 Å². The van der Waals surface area contributed by atoms with Crippen molar-refractivity contribution >= 4 is 23.4 Å². The number of nitrogens with one attached hydrogen (secondary N) is 2. The fourth-order valence-electron chi connectivity index (χ4n) is 5.47. The van der Waals surface area contributed by atoms with Gasteiger partial charge in [0.15, 0.2) is 5.82 Å². The number of ether oxygens (including phenoxy) is 1. The van der Waals surface area contributed by atoms with Gasteiger partial charge < -0.3 is 15.0 Å². The predicted molar refractivity (Wildman–Crippen MR) is 141 cm³/mol. The molecule has 1 amide bonds. The van der Waals surface area contributed by atoms with E-state index in [4.69, 9.17) is 9.72 Å². The first-order chi connectivity index (χ1) is 16.4. The predicted octanol–water partition coefficient (Wildman–Crippen LogP) is 6.15. The van der Waals surface area contributed by atoms with Crippen LogP contribution >= 0.6 is 0 Å². The van der Waals surface area contributed by atoms with Gasteiger partial charge in [0.2, 0.25) is 0 Å². The number of allylic oxidation sites excluding steroid dienone is 2. The van der Waals surface area contributed by atoms with E-state index in [0.717, 1.165) is 49.2 Å². The minimum Gasteiger partial charge on any atom is -0.370 e. The van der Waals surface area contributed by atoms with Crippen molar-refractivity contribution in [3.63, 3.8) is 0 Å². The fourth-order valence-corrected chi connectivity index (χ4v) is 5.47. The van der Waals surface area contributed by atoms with E-state index >= 15 is 0 Å². The van der Waals surface area contributed by atoms with Crippen LogP contribution in [-0.2, 0) is 4.74 Å². The van der Waals surface area contributed by atoms with Crippen molar-refractivity contribution in [3.05, 3.63) is 47.3 Å². The monoisotopic (exact) mass is 477 g/mol. The number of carbonyl (C=O) groups is 1. The molecule has 0 bridgehead atoms. The van der Waals surface area contributed by atoms with E-state index in [-0.39, 0.29) is 28.3 Å². The number of rotatable bonds is 5. The molecule has 0 aromatic carbocycles. The van der Waals surface area contributed by atoms with Crippen LogP contribution in [0.2, 0.25) is 0 Å². The Kier molecular flexibility index (Phi) is 6.75. The molecule has 188 valence electrons. The van der Waals surface area contributed by atoms with Gasteiger partial charge in [0.05, 0.1) is 28.3 Å². The first kappa shape index (κ1) is 25.3. The Hall–Kier alpha value is -2.80. The van der Waals surface area contributed by atoms with Crippen LogP contribution in [-0.4, -0.2) is 45.3 Å². The average molecular weight is 478 g/mol. The molecule has 0 spiro atoms. The zero-order valence-corrected chi connectivity index (χ0v) is 22.2. The average Bonchev–Trinajstić information content (AvgIpc) is 3.21. The topological polar surface area (TPSA) is 92.3 Å². The summed E-state index contributed by atoms with van der Waals surface area (Å²) in [6.07, 6.45) is 10.4. The van der Waals surface area contributed by atoms with E-state index in [9.17, 15) is 4.79 Å². The van der Waals surface area contributed by atoms with E-state index in [2.05, 4.69) is 74.0 Å². The van der Waals surface area contributed by atoms with Gasteiger partial charge in [-0.3, -0.25) is 14.8 Å². The van der Waals surface area contributed by atoms with Crippen LogP contribution in [0, 0.1) is 5.41 Å². The Labute approximate surface area is 208 Å². The number of nitrogens with zero attached hydrogens (tertiary/aromatic N) is 3. The lowest BCUT2D eigenvalue weighted by molar-refractivity contribution is -0.162. The number of amides is 1. The Bertz CT molecular complexity index is 1140. The molecule has 0 radical (unpaired) electrons. The number of carbonyl (C=O) groups excluding carboxylic acids is 1. The molecule has 0 unspecified atom stereocenters. The number of H-pyrrole nitrogens is 1. The number of aliphatic imine (C=N–C) groups is 1. The zero-order valence-electron chi connectivity index (χ0n) is 22.2. The van der Waals surface area contributed by atoms with Crippen LogP contribution < -0.4 is 5.32 Å². The standard InChI is InChI=1S/C28H39N5O2/c1-26(2)12-10-18(11-13-26)23-22(33-25(34)24-30-17-20(31-24)16-29-7)9-8-21(32-23)19-14-27(3,4)35-28(5,6)15-19/h8-10,16-17,19H,11-15H2,1-7H3,(H,30,31)(H,33,34)/b29-16-. The maximum atomic E-state index is 13.0. The number of hydrogen-bond donors (Lipinski definition) is 2. The number of aromatic nitrogens is 3. The first-order valence-electron chi connectivity index (χ1n) is 12.6. The minimum absolute atomic E-state index is 0.214. The normalized spacial score (nSPS) is 21.6. The number of imidazole rings is 1. The number of pyridine rings is 1. The summed E-state index contributed by atoms with van der Waals surface area (Å²) in [7, 11) is 1.67. The van der Waals surface area contributed by atoms with Gasteiger partial charge in [0, 0.05) is 31.1 Å². The molecule has 1 saturated heterocycles. The third kappa shape index (κ3) is 6.07.